The Kier molecular flexibility index (Phi) is 5.61. The third-order valence-electron chi connectivity index (χ3n) is 4.97. The summed E-state index contributed by atoms with van der Waals surface area (Å²) in [6, 6.07) is 20.7. The van der Waals surface area contributed by atoms with Crippen LogP contribution in [-0.2, 0) is 13.1 Å². The highest BCUT2D eigenvalue weighted by molar-refractivity contribution is 5.96. The van der Waals surface area contributed by atoms with E-state index in [2.05, 4.69) is 5.32 Å². The molecule has 0 spiro atoms. The van der Waals surface area contributed by atoms with Gasteiger partial charge in [-0.1, -0.05) is 30.3 Å². The maximum atomic E-state index is 12.9. The van der Waals surface area contributed by atoms with Crippen molar-refractivity contribution in [2.24, 2.45) is 0 Å². The number of carbonyl (C=O) groups is 2. The van der Waals surface area contributed by atoms with Crippen molar-refractivity contribution < 1.29 is 14.0 Å². The largest absolute Gasteiger partial charge is 0.467 e. The highest BCUT2D eigenvalue weighted by Gasteiger charge is 2.26. The minimum Gasteiger partial charge on any atom is -0.467 e. The molecule has 2 aromatic carbocycles. The zero-order chi connectivity index (χ0) is 20.1. The van der Waals surface area contributed by atoms with E-state index in [0.717, 1.165) is 24.2 Å². The Balaban J connectivity index is 1.39. The molecule has 0 aliphatic carbocycles. The van der Waals surface area contributed by atoms with E-state index in [1.807, 2.05) is 53.4 Å². The molecule has 0 atom stereocenters. The molecular weight excluding hydrogens is 366 g/mol. The first-order chi connectivity index (χ1) is 14.2. The molecule has 0 radical (unpaired) electrons. The van der Waals surface area contributed by atoms with Crippen LogP contribution in [0.4, 0.5) is 10.5 Å². The fraction of sp³-hybridized carbons (Fsp3) is 0.217. The van der Waals surface area contributed by atoms with E-state index < -0.39 is 0 Å². The lowest BCUT2D eigenvalue weighted by molar-refractivity contribution is 0.0948. The van der Waals surface area contributed by atoms with E-state index >= 15 is 0 Å². The topological polar surface area (TPSA) is 65.8 Å². The Labute approximate surface area is 169 Å². The monoisotopic (exact) mass is 389 g/mol. The van der Waals surface area contributed by atoms with Crippen molar-refractivity contribution in [3.8, 4) is 0 Å². The molecule has 29 heavy (non-hydrogen) atoms. The van der Waals surface area contributed by atoms with E-state index in [-0.39, 0.29) is 11.9 Å². The summed E-state index contributed by atoms with van der Waals surface area (Å²) in [6.45, 7) is 2.36. The number of rotatable bonds is 6. The molecule has 3 aromatic rings. The third kappa shape index (κ3) is 4.48. The van der Waals surface area contributed by atoms with Crippen LogP contribution >= 0.6 is 0 Å². The van der Waals surface area contributed by atoms with Crippen LogP contribution in [0, 0.1) is 0 Å². The Morgan fingerprint density at radius 3 is 2.48 bits per heavy atom. The van der Waals surface area contributed by atoms with Crippen LogP contribution in [0.15, 0.2) is 77.4 Å². The first kappa shape index (κ1) is 18.8. The SMILES string of the molecule is O=C(NCc1ccco1)c1ccc(N2CCCN(Cc3ccccc3)C2=O)cc1. The minimum absolute atomic E-state index is 0.00451. The van der Waals surface area contributed by atoms with Crippen molar-refractivity contribution in [2.45, 2.75) is 19.5 Å². The molecule has 0 saturated carbocycles. The lowest BCUT2D eigenvalue weighted by Crippen LogP contribution is -2.49. The summed E-state index contributed by atoms with van der Waals surface area (Å²) in [4.78, 5) is 28.9. The second-order valence-electron chi connectivity index (χ2n) is 7.00. The number of nitrogens with one attached hydrogen (secondary N) is 1. The van der Waals surface area contributed by atoms with E-state index in [1.54, 1.807) is 29.4 Å². The van der Waals surface area contributed by atoms with Crippen molar-refractivity contribution in [1.29, 1.82) is 0 Å². The highest BCUT2D eigenvalue weighted by Crippen LogP contribution is 2.22. The predicted molar refractivity (Wildman–Crippen MR) is 111 cm³/mol. The van der Waals surface area contributed by atoms with Crippen molar-refractivity contribution in [1.82, 2.24) is 10.2 Å². The molecular formula is C23H23N3O3. The van der Waals surface area contributed by atoms with Gasteiger partial charge in [-0.05, 0) is 48.4 Å². The van der Waals surface area contributed by atoms with Gasteiger partial charge in [0, 0.05) is 30.9 Å². The number of carbonyl (C=O) groups excluding carboxylic acids is 2. The van der Waals surface area contributed by atoms with Crippen molar-refractivity contribution in [3.63, 3.8) is 0 Å². The van der Waals surface area contributed by atoms with E-state index in [0.29, 0.717) is 31.0 Å². The maximum Gasteiger partial charge on any atom is 0.324 e. The van der Waals surface area contributed by atoms with Crippen LogP contribution in [-0.4, -0.2) is 29.9 Å². The van der Waals surface area contributed by atoms with Gasteiger partial charge in [0.25, 0.3) is 5.91 Å². The average molecular weight is 389 g/mol. The summed E-state index contributed by atoms with van der Waals surface area (Å²) in [5.41, 5.74) is 2.47. The molecule has 1 aliphatic rings. The molecule has 148 valence electrons. The Morgan fingerprint density at radius 2 is 1.76 bits per heavy atom. The normalized spacial score (nSPS) is 14.1. The van der Waals surface area contributed by atoms with Crippen LogP contribution in [0.5, 0.6) is 0 Å². The van der Waals surface area contributed by atoms with Crippen molar-refractivity contribution >= 4 is 17.6 Å². The zero-order valence-electron chi connectivity index (χ0n) is 16.1. The van der Waals surface area contributed by atoms with Crippen LogP contribution in [0.3, 0.4) is 0 Å². The van der Waals surface area contributed by atoms with Gasteiger partial charge in [-0.15, -0.1) is 0 Å². The molecule has 1 fully saturated rings. The van der Waals surface area contributed by atoms with Crippen LogP contribution in [0.1, 0.15) is 28.1 Å². The number of anilines is 1. The fourth-order valence-electron chi connectivity index (χ4n) is 3.45. The van der Waals surface area contributed by atoms with Gasteiger partial charge >= 0.3 is 6.03 Å². The molecule has 1 N–H and O–H groups in total. The first-order valence-corrected chi connectivity index (χ1v) is 9.72. The lowest BCUT2D eigenvalue weighted by atomic mass is 10.1. The van der Waals surface area contributed by atoms with Crippen LogP contribution in [0.2, 0.25) is 0 Å². The molecule has 1 aliphatic heterocycles. The van der Waals surface area contributed by atoms with Crippen LogP contribution in [0.25, 0.3) is 0 Å². The van der Waals surface area contributed by atoms with Gasteiger partial charge in [0.15, 0.2) is 0 Å². The summed E-state index contributed by atoms with van der Waals surface area (Å²) < 4.78 is 5.22. The number of amides is 3. The van der Waals surface area contributed by atoms with Gasteiger partial charge in [0.05, 0.1) is 12.8 Å². The predicted octanol–water partition coefficient (Wildman–Crippen LogP) is 4.04. The fourth-order valence-corrected chi connectivity index (χ4v) is 3.45. The van der Waals surface area contributed by atoms with Gasteiger partial charge in [0.1, 0.15) is 5.76 Å². The summed E-state index contributed by atoms with van der Waals surface area (Å²) >= 11 is 0. The Morgan fingerprint density at radius 1 is 0.966 bits per heavy atom. The van der Waals surface area contributed by atoms with Gasteiger partial charge in [-0.2, -0.15) is 0 Å². The molecule has 6 nitrogen and oxygen atoms in total. The second-order valence-corrected chi connectivity index (χ2v) is 7.00. The minimum atomic E-state index is -0.177. The molecule has 0 unspecified atom stereocenters. The highest BCUT2D eigenvalue weighted by atomic mass is 16.3. The molecule has 6 heteroatoms. The molecule has 3 amide bonds. The van der Waals surface area contributed by atoms with Gasteiger partial charge in [-0.25, -0.2) is 4.79 Å². The molecule has 0 bridgehead atoms. The number of benzene rings is 2. The van der Waals surface area contributed by atoms with Crippen LogP contribution < -0.4 is 10.2 Å². The summed E-state index contributed by atoms with van der Waals surface area (Å²) in [7, 11) is 0. The number of hydrogen-bond donors (Lipinski definition) is 1. The quantitative estimate of drug-likeness (QED) is 0.692. The number of urea groups is 1. The second kappa shape index (κ2) is 8.65. The number of nitrogens with zero attached hydrogens (tertiary/aromatic N) is 2. The zero-order valence-corrected chi connectivity index (χ0v) is 16.1. The summed E-state index contributed by atoms with van der Waals surface area (Å²) in [6.07, 6.45) is 2.48. The number of furan rings is 1. The molecule has 2 heterocycles. The first-order valence-electron chi connectivity index (χ1n) is 9.72. The van der Waals surface area contributed by atoms with Gasteiger partial charge < -0.3 is 14.6 Å². The smallest absolute Gasteiger partial charge is 0.324 e. The number of hydrogen-bond acceptors (Lipinski definition) is 3. The van der Waals surface area contributed by atoms with E-state index in [4.69, 9.17) is 4.42 Å². The van der Waals surface area contributed by atoms with Crippen molar-refractivity contribution in [3.05, 3.63) is 89.9 Å². The summed E-state index contributed by atoms with van der Waals surface area (Å²) in [5.74, 6) is 0.524. The maximum absolute atomic E-state index is 12.9. The summed E-state index contributed by atoms with van der Waals surface area (Å²) in [5, 5.41) is 2.82. The third-order valence-corrected chi connectivity index (χ3v) is 4.97. The van der Waals surface area contributed by atoms with E-state index in [1.165, 1.54) is 0 Å². The molecule has 1 aromatic heterocycles. The van der Waals surface area contributed by atoms with Gasteiger partial charge in [0.2, 0.25) is 0 Å². The average Bonchev–Trinajstić information content (AvgIpc) is 3.28. The molecule has 4 rings (SSSR count). The Hall–Kier alpha value is -3.54. The van der Waals surface area contributed by atoms with E-state index in [9.17, 15) is 9.59 Å². The standard InChI is InChI=1S/C23H23N3O3/c27-22(24-16-21-8-4-15-29-21)19-9-11-20(12-10-19)26-14-5-13-25(23(26)28)17-18-6-2-1-3-7-18/h1-4,6-12,15H,5,13-14,16-17H2,(H,24,27). The lowest BCUT2D eigenvalue weighted by Gasteiger charge is -2.35. The van der Waals surface area contributed by atoms with Crippen molar-refractivity contribution in [2.75, 3.05) is 18.0 Å². The van der Waals surface area contributed by atoms with Gasteiger partial charge in [-0.3, -0.25) is 9.69 Å². The molecule has 1 saturated heterocycles. The Bertz CT molecular complexity index is 953.